The highest BCUT2D eigenvalue weighted by Gasteiger charge is 2.36. The fourth-order valence-corrected chi connectivity index (χ4v) is 2.45. The van der Waals surface area contributed by atoms with E-state index in [1.165, 1.54) is 0 Å². The molecule has 20 heavy (non-hydrogen) atoms. The molecule has 0 saturated heterocycles. The minimum atomic E-state index is -0.244. The molecule has 0 aromatic carbocycles. The quantitative estimate of drug-likeness (QED) is 0.740. The largest absolute Gasteiger partial charge is 0.393 e. The van der Waals surface area contributed by atoms with Crippen molar-refractivity contribution in [2.75, 3.05) is 13.2 Å². The van der Waals surface area contributed by atoms with Crippen LogP contribution >= 0.6 is 0 Å². The molecule has 0 aliphatic heterocycles. The van der Waals surface area contributed by atoms with E-state index in [9.17, 15) is 9.90 Å². The summed E-state index contributed by atoms with van der Waals surface area (Å²) in [7, 11) is 0. The van der Waals surface area contributed by atoms with E-state index in [4.69, 9.17) is 4.74 Å². The Morgan fingerprint density at radius 1 is 1.55 bits per heavy atom. The third kappa shape index (κ3) is 4.02. The van der Waals surface area contributed by atoms with Crippen LogP contribution in [-0.2, 0) is 9.53 Å². The molecule has 2 rings (SSSR count). The van der Waals surface area contributed by atoms with Gasteiger partial charge in [-0.3, -0.25) is 9.78 Å². The van der Waals surface area contributed by atoms with Crippen LogP contribution in [0.15, 0.2) is 24.4 Å². The lowest BCUT2D eigenvalue weighted by Crippen LogP contribution is -2.42. The SMILES string of the molecule is CCOCCC(=O)NC(c1ccccn1)C1CC(O)C1. The predicted molar refractivity (Wildman–Crippen MR) is 75.0 cm³/mol. The molecule has 5 nitrogen and oxygen atoms in total. The van der Waals surface area contributed by atoms with E-state index in [0.717, 1.165) is 5.69 Å². The molecule has 1 fully saturated rings. The van der Waals surface area contributed by atoms with Gasteiger partial charge < -0.3 is 15.2 Å². The van der Waals surface area contributed by atoms with Crippen LogP contribution in [-0.4, -0.2) is 35.3 Å². The van der Waals surface area contributed by atoms with Crippen LogP contribution in [0.3, 0.4) is 0 Å². The van der Waals surface area contributed by atoms with E-state index in [0.29, 0.717) is 32.5 Å². The van der Waals surface area contributed by atoms with Crippen LogP contribution in [0.2, 0.25) is 0 Å². The first kappa shape index (κ1) is 14.9. The van der Waals surface area contributed by atoms with Gasteiger partial charge in [0, 0.05) is 19.2 Å². The smallest absolute Gasteiger partial charge is 0.222 e. The van der Waals surface area contributed by atoms with Crippen LogP contribution in [0, 0.1) is 5.92 Å². The number of rotatable bonds is 7. The maximum atomic E-state index is 11.9. The molecule has 1 amide bonds. The summed E-state index contributed by atoms with van der Waals surface area (Å²) in [5.41, 5.74) is 0.856. The van der Waals surface area contributed by atoms with E-state index < -0.39 is 0 Å². The van der Waals surface area contributed by atoms with Crippen LogP contribution in [0.1, 0.15) is 37.9 Å². The third-order valence-corrected chi connectivity index (χ3v) is 3.62. The van der Waals surface area contributed by atoms with Crippen molar-refractivity contribution in [1.29, 1.82) is 0 Å². The number of aliphatic hydroxyl groups is 1. The van der Waals surface area contributed by atoms with Gasteiger partial charge >= 0.3 is 0 Å². The number of amides is 1. The zero-order chi connectivity index (χ0) is 14.4. The minimum absolute atomic E-state index is 0.0320. The van der Waals surface area contributed by atoms with E-state index in [2.05, 4.69) is 10.3 Å². The normalized spacial score (nSPS) is 22.9. The summed E-state index contributed by atoms with van der Waals surface area (Å²) in [4.78, 5) is 16.3. The number of aromatic nitrogens is 1. The van der Waals surface area contributed by atoms with Gasteiger partial charge in [-0.2, -0.15) is 0 Å². The van der Waals surface area contributed by atoms with Crippen molar-refractivity contribution >= 4 is 5.91 Å². The van der Waals surface area contributed by atoms with Crippen LogP contribution < -0.4 is 5.32 Å². The first-order chi connectivity index (χ1) is 9.70. The lowest BCUT2D eigenvalue weighted by atomic mass is 9.76. The van der Waals surface area contributed by atoms with Gasteiger partial charge in [-0.1, -0.05) is 6.07 Å². The van der Waals surface area contributed by atoms with Gasteiger partial charge in [-0.15, -0.1) is 0 Å². The maximum absolute atomic E-state index is 11.9. The standard InChI is InChI=1S/C15H22N2O3/c1-2-20-8-6-14(19)17-15(11-9-12(18)10-11)13-5-3-4-7-16-13/h3-5,7,11-12,15,18H,2,6,8-10H2,1H3,(H,17,19). The van der Waals surface area contributed by atoms with E-state index in [1.807, 2.05) is 25.1 Å². The number of ether oxygens (including phenoxy) is 1. The molecule has 1 aromatic rings. The second-order valence-electron chi connectivity index (χ2n) is 5.13. The molecule has 0 radical (unpaired) electrons. The molecule has 1 heterocycles. The summed E-state index contributed by atoms with van der Waals surface area (Å²) in [6, 6.07) is 5.57. The molecular formula is C15H22N2O3. The summed E-state index contributed by atoms with van der Waals surface area (Å²) in [5.74, 6) is 0.228. The lowest BCUT2D eigenvalue weighted by Gasteiger charge is -2.37. The Balaban J connectivity index is 1.95. The second kappa shape index (κ2) is 7.36. The molecule has 0 spiro atoms. The number of hydrogen-bond acceptors (Lipinski definition) is 4. The van der Waals surface area contributed by atoms with Gasteiger partial charge in [0.25, 0.3) is 0 Å². The number of nitrogens with zero attached hydrogens (tertiary/aromatic N) is 1. The van der Waals surface area contributed by atoms with Crippen molar-refractivity contribution in [3.63, 3.8) is 0 Å². The van der Waals surface area contributed by atoms with E-state index >= 15 is 0 Å². The zero-order valence-corrected chi connectivity index (χ0v) is 11.8. The highest BCUT2D eigenvalue weighted by atomic mass is 16.5. The van der Waals surface area contributed by atoms with Gasteiger partial charge in [0.05, 0.1) is 24.4 Å². The number of carbonyl (C=O) groups excluding carboxylic acids is 1. The summed E-state index contributed by atoms with van der Waals surface area (Å²) in [6.07, 6.45) is 3.27. The topological polar surface area (TPSA) is 71.5 Å². The monoisotopic (exact) mass is 278 g/mol. The number of hydrogen-bond donors (Lipinski definition) is 2. The molecule has 0 bridgehead atoms. The van der Waals surface area contributed by atoms with Crippen molar-refractivity contribution in [2.24, 2.45) is 5.92 Å². The molecule has 5 heteroatoms. The highest BCUT2D eigenvalue weighted by molar-refractivity contribution is 5.76. The van der Waals surface area contributed by atoms with Crippen molar-refractivity contribution in [2.45, 2.75) is 38.3 Å². The van der Waals surface area contributed by atoms with Crippen LogP contribution in [0.4, 0.5) is 0 Å². The van der Waals surface area contributed by atoms with Crippen molar-refractivity contribution < 1.29 is 14.6 Å². The van der Waals surface area contributed by atoms with Gasteiger partial charge in [0.2, 0.25) is 5.91 Å². The Kier molecular flexibility index (Phi) is 5.49. The fraction of sp³-hybridized carbons (Fsp3) is 0.600. The van der Waals surface area contributed by atoms with Gasteiger partial charge in [0.1, 0.15) is 0 Å². The van der Waals surface area contributed by atoms with Crippen molar-refractivity contribution in [1.82, 2.24) is 10.3 Å². The fourth-order valence-electron chi connectivity index (χ4n) is 2.45. The molecule has 1 atom stereocenters. The summed E-state index contributed by atoms with van der Waals surface area (Å²) in [6.45, 7) is 2.96. The number of carbonyl (C=O) groups is 1. The third-order valence-electron chi connectivity index (χ3n) is 3.62. The van der Waals surface area contributed by atoms with Crippen molar-refractivity contribution in [3.8, 4) is 0 Å². The first-order valence-electron chi connectivity index (χ1n) is 7.16. The minimum Gasteiger partial charge on any atom is -0.393 e. The molecule has 1 unspecified atom stereocenters. The lowest BCUT2D eigenvalue weighted by molar-refractivity contribution is -0.124. The molecule has 110 valence electrons. The van der Waals surface area contributed by atoms with Crippen LogP contribution in [0.5, 0.6) is 0 Å². The Morgan fingerprint density at radius 2 is 2.35 bits per heavy atom. The molecule has 1 aromatic heterocycles. The average molecular weight is 278 g/mol. The summed E-state index contributed by atoms with van der Waals surface area (Å²) >= 11 is 0. The van der Waals surface area contributed by atoms with Gasteiger partial charge in [0.15, 0.2) is 0 Å². The number of nitrogens with one attached hydrogen (secondary N) is 1. The Hall–Kier alpha value is -1.46. The second-order valence-corrected chi connectivity index (χ2v) is 5.13. The van der Waals surface area contributed by atoms with E-state index in [-0.39, 0.29) is 24.0 Å². The number of pyridine rings is 1. The molecule has 1 saturated carbocycles. The molecule has 2 N–H and O–H groups in total. The first-order valence-corrected chi connectivity index (χ1v) is 7.16. The zero-order valence-electron chi connectivity index (χ0n) is 11.8. The molecular weight excluding hydrogens is 256 g/mol. The Morgan fingerprint density at radius 3 is 2.95 bits per heavy atom. The average Bonchev–Trinajstić information content (AvgIpc) is 2.43. The summed E-state index contributed by atoms with van der Waals surface area (Å²) < 4.78 is 5.19. The summed E-state index contributed by atoms with van der Waals surface area (Å²) in [5, 5.41) is 12.5. The Bertz CT molecular complexity index is 418. The Labute approximate surface area is 119 Å². The predicted octanol–water partition coefficient (Wildman–Crippen LogP) is 1.44. The van der Waals surface area contributed by atoms with Gasteiger partial charge in [-0.05, 0) is 37.8 Å². The molecule has 1 aliphatic rings. The number of aliphatic hydroxyl groups excluding tert-OH is 1. The highest BCUT2D eigenvalue weighted by Crippen LogP contribution is 2.37. The van der Waals surface area contributed by atoms with Gasteiger partial charge in [-0.25, -0.2) is 0 Å². The van der Waals surface area contributed by atoms with Crippen molar-refractivity contribution in [3.05, 3.63) is 30.1 Å². The molecule has 1 aliphatic carbocycles. The van der Waals surface area contributed by atoms with E-state index in [1.54, 1.807) is 6.20 Å². The maximum Gasteiger partial charge on any atom is 0.222 e. The van der Waals surface area contributed by atoms with Crippen LogP contribution in [0.25, 0.3) is 0 Å².